The molecule has 0 spiro atoms. The van der Waals surface area contributed by atoms with Crippen LogP contribution in [0.1, 0.15) is 34.1 Å². The monoisotopic (exact) mass is 184 g/mol. The van der Waals surface area contributed by atoms with Crippen molar-refractivity contribution in [2.75, 3.05) is 0 Å². The molecule has 0 saturated carbocycles. The fourth-order valence-electron chi connectivity index (χ4n) is 1.14. The average molecular weight is 184 g/mol. The number of aliphatic imine (C=N–C) groups is 1. The van der Waals surface area contributed by atoms with E-state index in [1.807, 2.05) is 26.2 Å². The van der Waals surface area contributed by atoms with Crippen molar-refractivity contribution in [1.82, 2.24) is 0 Å². The summed E-state index contributed by atoms with van der Waals surface area (Å²) in [6.45, 7) is 8.06. The summed E-state index contributed by atoms with van der Waals surface area (Å²) in [7, 11) is -1.57. The number of thiol groups is 1. The van der Waals surface area contributed by atoms with Gasteiger partial charge in [-0.15, -0.1) is 0 Å². The van der Waals surface area contributed by atoms with Crippen molar-refractivity contribution in [3.05, 3.63) is 22.1 Å². The maximum absolute atomic E-state index is 8.33. The SMILES string of the molecule is [2H]S1(C=CCC)C(C)=NC(C)=C1C. The molecule has 0 fully saturated rings. The van der Waals surface area contributed by atoms with E-state index in [9.17, 15) is 0 Å². The number of hydrogen-bond donors (Lipinski definition) is 1. The molecule has 0 aromatic rings. The zero-order valence-electron chi connectivity index (χ0n) is 9.22. The van der Waals surface area contributed by atoms with Crippen LogP contribution in [0.5, 0.6) is 0 Å². The van der Waals surface area contributed by atoms with Crippen molar-refractivity contribution in [2.45, 2.75) is 34.1 Å². The van der Waals surface area contributed by atoms with Gasteiger partial charge in [-0.3, -0.25) is 4.99 Å². The molecule has 0 amide bonds. The Morgan fingerprint density at radius 1 is 1.50 bits per heavy atom. The summed E-state index contributed by atoms with van der Waals surface area (Å²) in [4.78, 5) is 5.50. The highest BCUT2D eigenvalue weighted by Crippen LogP contribution is 2.44. The molecular weight excluding hydrogens is 166 g/mol. The predicted molar refractivity (Wildman–Crippen MR) is 59.9 cm³/mol. The minimum Gasteiger partial charge on any atom is -0.252 e. The van der Waals surface area contributed by atoms with Crippen molar-refractivity contribution in [2.24, 2.45) is 4.99 Å². The van der Waals surface area contributed by atoms with Gasteiger partial charge in [0.15, 0.2) is 0 Å². The van der Waals surface area contributed by atoms with E-state index in [1.54, 1.807) is 0 Å². The molecule has 1 rings (SSSR count). The van der Waals surface area contributed by atoms with Crippen LogP contribution in [0.3, 0.4) is 0 Å². The maximum atomic E-state index is 8.33. The summed E-state index contributed by atoms with van der Waals surface area (Å²) in [5, 5.41) is 2.99. The first-order valence-electron chi connectivity index (χ1n) is 4.70. The van der Waals surface area contributed by atoms with E-state index in [-0.39, 0.29) is 0 Å². The van der Waals surface area contributed by atoms with Crippen LogP contribution in [0.25, 0.3) is 0 Å². The van der Waals surface area contributed by atoms with Crippen LogP contribution in [0.2, 0.25) is 0 Å². The largest absolute Gasteiger partial charge is 0.252 e. The topological polar surface area (TPSA) is 12.4 Å². The van der Waals surface area contributed by atoms with Crippen LogP contribution in [0, 0.1) is 0 Å². The lowest BCUT2D eigenvalue weighted by atomic mass is 10.5. The molecule has 2 heteroatoms. The molecule has 0 bridgehead atoms. The minimum atomic E-state index is -1.57. The summed E-state index contributed by atoms with van der Waals surface area (Å²) in [6.07, 6.45) is 3.07. The molecule has 1 heterocycles. The first kappa shape index (κ1) is 8.11. The van der Waals surface area contributed by atoms with E-state index in [2.05, 4.69) is 18.0 Å². The van der Waals surface area contributed by atoms with Crippen LogP contribution in [-0.2, 0) is 0 Å². The molecule has 1 atom stereocenters. The molecular formula is C10H17NS. The van der Waals surface area contributed by atoms with Gasteiger partial charge in [0, 0.05) is 5.70 Å². The second kappa shape index (κ2) is 3.94. The molecule has 68 valence electrons. The second-order valence-corrected chi connectivity index (χ2v) is 5.04. The normalized spacial score (nSPS) is 36.7. The van der Waals surface area contributed by atoms with Crippen LogP contribution in [0.4, 0.5) is 0 Å². The highest BCUT2D eigenvalue weighted by Gasteiger charge is 2.14. The van der Waals surface area contributed by atoms with Gasteiger partial charge in [-0.05, 0) is 37.5 Å². The summed E-state index contributed by atoms with van der Waals surface area (Å²) < 4.78 is 8.33. The Kier molecular flexibility index (Phi) is 2.67. The van der Waals surface area contributed by atoms with Gasteiger partial charge in [-0.1, -0.05) is 13.0 Å². The van der Waals surface area contributed by atoms with Gasteiger partial charge in [0.05, 0.1) is 6.17 Å². The molecule has 0 radical (unpaired) electrons. The van der Waals surface area contributed by atoms with Gasteiger partial charge in [0.2, 0.25) is 0 Å². The van der Waals surface area contributed by atoms with Gasteiger partial charge in [0.1, 0.15) is 0 Å². The van der Waals surface area contributed by atoms with E-state index in [1.165, 1.54) is 0 Å². The second-order valence-electron chi connectivity index (χ2n) is 2.89. The number of allylic oxidation sites excluding steroid dienone is 3. The number of hydrogen-bond acceptors (Lipinski definition) is 1. The van der Waals surface area contributed by atoms with Crippen molar-refractivity contribution in [3.8, 4) is 0 Å². The van der Waals surface area contributed by atoms with E-state index >= 15 is 0 Å². The average Bonchev–Trinajstić information content (AvgIpc) is 2.28. The summed E-state index contributed by atoms with van der Waals surface area (Å²) >= 11 is 0. The molecule has 1 unspecified atom stereocenters. The Labute approximate surface area is 78.7 Å². The smallest absolute Gasteiger partial charge is 0.0974 e. The third kappa shape index (κ3) is 1.81. The summed E-state index contributed by atoms with van der Waals surface area (Å²) in [5.41, 5.74) is 1.03. The van der Waals surface area contributed by atoms with Gasteiger partial charge < -0.3 is 0 Å². The van der Waals surface area contributed by atoms with Crippen LogP contribution >= 0.6 is 10.8 Å². The van der Waals surface area contributed by atoms with Crippen LogP contribution < -0.4 is 0 Å². The van der Waals surface area contributed by atoms with Crippen molar-refractivity contribution < 1.29 is 0 Å². The fourth-order valence-corrected chi connectivity index (χ4v) is 2.97. The first-order valence-corrected chi connectivity index (χ1v) is 5.58. The van der Waals surface area contributed by atoms with E-state index in [4.69, 9.17) is 1.12 Å². The lowest BCUT2D eigenvalue weighted by Crippen LogP contribution is -1.85. The zero-order valence-corrected chi connectivity index (χ0v) is 9.03. The predicted octanol–water partition coefficient (Wildman–Crippen LogP) is 3.59. The molecule has 0 aromatic heterocycles. The fraction of sp³-hybridized carbons (Fsp3) is 0.500. The number of nitrogens with zero attached hydrogens (tertiary/aromatic N) is 1. The van der Waals surface area contributed by atoms with Crippen LogP contribution in [-0.4, -0.2) is 6.17 Å². The lowest BCUT2D eigenvalue weighted by molar-refractivity contribution is 1.23. The van der Waals surface area contributed by atoms with E-state index in [0.717, 1.165) is 22.1 Å². The zero-order chi connectivity index (χ0) is 10.1. The molecule has 1 aliphatic heterocycles. The van der Waals surface area contributed by atoms with Crippen molar-refractivity contribution >= 4 is 15.8 Å². The standard InChI is InChI=1S/C10H17NS/c1-5-6-7-12-9(3)8(2)11-10(12)4/h6-7,12H,5H2,1-4H3/i12D. The molecule has 0 aromatic carbocycles. The van der Waals surface area contributed by atoms with Gasteiger partial charge in [0.25, 0.3) is 0 Å². The molecule has 0 saturated heterocycles. The third-order valence-corrected chi connectivity index (χ3v) is 4.10. The van der Waals surface area contributed by atoms with Crippen molar-refractivity contribution in [3.63, 3.8) is 0 Å². The quantitative estimate of drug-likeness (QED) is 0.630. The Morgan fingerprint density at radius 2 is 2.17 bits per heavy atom. The van der Waals surface area contributed by atoms with Crippen molar-refractivity contribution in [1.29, 1.82) is 1.12 Å². The molecule has 0 aliphatic carbocycles. The van der Waals surface area contributed by atoms with Crippen LogP contribution in [0.15, 0.2) is 27.1 Å². The van der Waals surface area contributed by atoms with E-state index in [0.29, 0.717) is 0 Å². The molecule has 0 N–H and O–H groups in total. The van der Waals surface area contributed by atoms with Gasteiger partial charge >= 0.3 is 0 Å². The first-order chi connectivity index (χ1) is 6.02. The highest BCUT2D eigenvalue weighted by atomic mass is 32.2. The molecule has 1 nitrogen and oxygen atoms in total. The van der Waals surface area contributed by atoms with E-state index < -0.39 is 10.8 Å². The summed E-state index contributed by atoms with van der Waals surface area (Å²) in [5.74, 6) is 0. The Bertz CT molecular complexity index is 304. The highest BCUT2D eigenvalue weighted by molar-refractivity contribution is 8.35. The number of rotatable bonds is 2. The maximum Gasteiger partial charge on any atom is 0.0974 e. The molecule has 1 aliphatic rings. The Morgan fingerprint density at radius 3 is 2.58 bits per heavy atom. The van der Waals surface area contributed by atoms with Gasteiger partial charge in [-0.25, -0.2) is 0 Å². The van der Waals surface area contributed by atoms with Gasteiger partial charge in [-0.2, -0.15) is 10.8 Å². The third-order valence-electron chi connectivity index (χ3n) is 1.95. The molecule has 12 heavy (non-hydrogen) atoms. The Balaban J connectivity index is 3.04. The summed E-state index contributed by atoms with van der Waals surface area (Å²) in [6, 6.07) is 0. The Hall–Kier alpha value is -0.500. The minimum absolute atomic E-state index is 0.965. The lowest BCUT2D eigenvalue weighted by Gasteiger charge is -2.11.